The number of nitrogens with two attached hydrogens (primary N) is 1. The van der Waals surface area contributed by atoms with Crippen LogP contribution in [0.4, 0.5) is 5.82 Å². The predicted molar refractivity (Wildman–Crippen MR) is 72.5 cm³/mol. The van der Waals surface area contributed by atoms with Gasteiger partial charge in [0.05, 0.1) is 0 Å². The van der Waals surface area contributed by atoms with Crippen LogP contribution in [0, 0.1) is 0 Å². The van der Waals surface area contributed by atoms with Crippen molar-refractivity contribution < 1.29 is 0 Å². The smallest absolute Gasteiger partial charge is 0.133 e. The van der Waals surface area contributed by atoms with Crippen molar-refractivity contribution in [3.05, 3.63) is 12.4 Å². The van der Waals surface area contributed by atoms with Gasteiger partial charge in [0.15, 0.2) is 0 Å². The summed E-state index contributed by atoms with van der Waals surface area (Å²) in [6, 6.07) is 2.50. The van der Waals surface area contributed by atoms with Crippen molar-refractivity contribution in [1.82, 2.24) is 9.97 Å². The van der Waals surface area contributed by atoms with Crippen LogP contribution in [0.15, 0.2) is 17.4 Å². The first-order valence-corrected chi connectivity index (χ1v) is 7.40. The lowest BCUT2D eigenvalue weighted by molar-refractivity contribution is 0.574. The van der Waals surface area contributed by atoms with E-state index in [2.05, 4.69) is 20.9 Å². The van der Waals surface area contributed by atoms with Crippen molar-refractivity contribution in [2.45, 2.75) is 36.8 Å². The third-order valence-corrected chi connectivity index (χ3v) is 3.92. The van der Waals surface area contributed by atoms with Gasteiger partial charge in [-0.2, -0.15) is 0 Å². The lowest BCUT2D eigenvalue weighted by atomic mass is 10.1. The third-order valence-electron chi connectivity index (χ3n) is 3.28. The first-order chi connectivity index (χ1) is 8.35. The SMILES string of the molecule is CSc1cc(N2CCCCCC2CN)ncn1. The van der Waals surface area contributed by atoms with Crippen LogP contribution in [-0.2, 0) is 0 Å². The highest BCUT2D eigenvalue weighted by molar-refractivity contribution is 7.98. The first kappa shape index (κ1) is 12.6. The van der Waals surface area contributed by atoms with Gasteiger partial charge in [-0.1, -0.05) is 12.8 Å². The van der Waals surface area contributed by atoms with Gasteiger partial charge in [-0.15, -0.1) is 11.8 Å². The number of hydrogen-bond donors (Lipinski definition) is 1. The van der Waals surface area contributed by atoms with E-state index in [0.29, 0.717) is 12.6 Å². The van der Waals surface area contributed by atoms with E-state index < -0.39 is 0 Å². The highest BCUT2D eigenvalue weighted by Crippen LogP contribution is 2.24. The van der Waals surface area contributed by atoms with Gasteiger partial charge in [-0.25, -0.2) is 9.97 Å². The van der Waals surface area contributed by atoms with Gasteiger partial charge in [-0.05, 0) is 19.1 Å². The van der Waals surface area contributed by atoms with Crippen LogP contribution in [0.5, 0.6) is 0 Å². The van der Waals surface area contributed by atoms with Crippen molar-refractivity contribution >= 4 is 17.6 Å². The lowest BCUT2D eigenvalue weighted by Crippen LogP contribution is -2.40. The quantitative estimate of drug-likeness (QED) is 0.658. The number of anilines is 1. The molecule has 0 aromatic carbocycles. The van der Waals surface area contributed by atoms with Crippen molar-refractivity contribution in [3.63, 3.8) is 0 Å². The Morgan fingerprint density at radius 2 is 2.29 bits per heavy atom. The van der Waals surface area contributed by atoms with Crippen molar-refractivity contribution in [2.24, 2.45) is 5.73 Å². The van der Waals surface area contributed by atoms with Crippen LogP contribution in [-0.4, -0.2) is 35.4 Å². The summed E-state index contributed by atoms with van der Waals surface area (Å²) in [4.78, 5) is 11.0. The van der Waals surface area contributed by atoms with E-state index in [1.807, 2.05) is 6.26 Å². The standard InChI is InChI=1S/C12H20N4S/c1-17-12-7-11(14-9-15-12)16-6-4-2-3-5-10(16)8-13/h7,9-10H,2-6,8,13H2,1H3. The Labute approximate surface area is 107 Å². The van der Waals surface area contributed by atoms with E-state index >= 15 is 0 Å². The van der Waals surface area contributed by atoms with Crippen LogP contribution in [0.1, 0.15) is 25.7 Å². The molecule has 0 saturated carbocycles. The molecule has 1 aliphatic heterocycles. The molecule has 5 heteroatoms. The van der Waals surface area contributed by atoms with E-state index in [-0.39, 0.29) is 0 Å². The van der Waals surface area contributed by atoms with E-state index in [0.717, 1.165) is 17.4 Å². The van der Waals surface area contributed by atoms with Crippen molar-refractivity contribution in [1.29, 1.82) is 0 Å². The molecule has 1 unspecified atom stereocenters. The minimum atomic E-state index is 0.433. The Morgan fingerprint density at radius 3 is 3.06 bits per heavy atom. The number of aromatic nitrogens is 2. The number of rotatable bonds is 3. The summed E-state index contributed by atoms with van der Waals surface area (Å²) in [7, 11) is 0. The predicted octanol–water partition coefficient (Wildman–Crippen LogP) is 1.91. The summed E-state index contributed by atoms with van der Waals surface area (Å²) in [5.74, 6) is 1.03. The number of hydrogen-bond acceptors (Lipinski definition) is 5. The molecule has 1 atom stereocenters. The fraction of sp³-hybridized carbons (Fsp3) is 0.667. The molecule has 2 rings (SSSR count). The third kappa shape index (κ3) is 3.10. The van der Waals surface area contributed by atoms with E-state index in [4.69, 9.17) is 5.73 Å². The molecule has 94 valence electrons. The molecule has 1 aromatic rings. The Morgan fingerprint density at radius 1 is 1.41 bits per heavy atom. The molecule has 0 bridgehead atoms. The fourth-order valence-electron chi connectivity index (χ4n) is 2.32. The van der Waals surface area contributed by atoms with Gasteiger partial charge >= 0.3 is 0 Å². The molecular formula is C12H20N4S. The summed E-state index contributed by atoms with van der Waals surface area (Å²) in [6.07, 6.45) is 8.67. The molecule has 1 saturated heterocycles. The zero-order valence-electron chi connectivity index (χ0n) is 10.3. The molecule has 2 heterocycles. The topological polar surface area (TPSA) is 55.0 Å². The Kier molecular flexibility index (Phi) is 4.62. The summed E-state index contributed by atoms with van der Waals surface area (Å²) >= 11 is 1.65. The molecule has 0 spiro atoms. The first-order valence-electron chi connectivity index (χ1n) is 6.18. The normalized spacial score (nSPS) is 21.3. The summed E-state index contributed by atoms with van der Waals surface area (Å²) in [5.41, 5.74) is 5.88. The number of thioether (sulfide) groups is 1. The molecule has 2 N–H and O–H groups in total. The molecule has 0 aliphatic carbocycles. The van der Waals surface area contributed by atoms with Crippen molar-refractivity contribution in [2.75, 3.05) is 24.2 Å². The van der Waals surface area contributed by atoms with Gasteiger partial charge in [0, 0.05) is 25.2 Å². The maximum atomic E-state index is 5.88. The second kappa shape index (κ2) is 6.21. The summed E-state index contributed by atoms with van der Waals surface area (Å²) in [5, 5.41) is 1.02. The molecule has 17 heavy (non-hydrogen) atoms. The van der Waals surface area contributed by atoms with Crippen molar-refractivity contribution in [3.8, 4) is 0 Å². The summed E-state index contributed by atoms with van der Waals surface area (Å²) < 4.78 is 0. The molecule has 0 amide bonds. The van der Waals surface area contributed by atoms with Gasteiger partial charge in [0.1, 0.15) is 17.2 Å². The molecule has 1 aliphatic rings. The maximum absolute atomic E-state index is 5.88. The van der Waals surface area contributed by atoms with Gasteiger partial charge < -0.3 is 10.6 Å². The second-order valence-corrected chi connectivity index (χ2v) is 5.18. The highest BCUT2D eigenvalue weighted by atomic mass is 32.2. The van der Waals surface area contributed by atoms with Gasteiger partial charge in [0.25, 0.3) is 0 Å². The Hall–Kier alpha value is -0.810. The fourth-order valence-corrected chi connectivity index (χ4v) is 2.70. The average molecular weight is 252 g/mol. The molecular weight excluding hydrogens is 232 g/mol. The summed E-state index contributed by atoms with van der Waals surface area (Å²) in [6.45, 7) is 1.77. The maximum Gasteiger partial charge on any atom is 0.133 e. The van der Waals surface area contributed by atoms with E-state index in [1.54, 1.807) is 18.1 Å². The Bertz CT molecular complexity index is 358. The van der Waals surface area contributed by atoms with Gasteiger partial charge in [0.2, 0.25) is 0 Å². The Balaban J connectivity index is 2.21. The zero-order chi connectivity index (χ0) is 12.1. The highest BCUT2D eigenvalue weighted by Gasteiger charge is 2.21. The van der Waals surface area contributed by atoms with Crippen LogP contribution in [0.3, 0.4) is 0 Å². The second-order valence-electron chi connectivity index (χ2n) is 4.35. The lowest BCUT2D eigenvalue weighted by Gasteiger charge is -2.30. The minimum absolute atomic E-state index is 0.433. The average Bonchev–Trinajstić information content (AvgIpc) is 2.63. The number of nitrogens with zero attached hydrogens (tertiary/aromatic N) is 3. The molecule has 1 fully saturated rings. The van der Waals surface area contributed by atoms with E-state index in [9.17, 15) is 0 Å². The monoisotopic (exact) mass is 252 g/mol. The van der Waals surface area contributed by atoms with Crippen LogP contribution in [0.2, 0.25) is 0 Å². The minimum Gasteiger partial charge on any atom is -0.352 e. The van der Waals surface area contributed by atoms with E-state index in [1.165, 1.54) is 25.7 Å². The van der Waals surface area contributed by atoms with Crippen LogP contribution >= 0.6 is 11.8 Å². The van der Waals surface area contributed by atoms with Gasteiger partial charge in [-0.3, -0.25) is 0 Å². The zero-order valence-corrected chi connectivity index (χ0v) is 11.1. The molecule has 1 aromatic heterocycles. The van der Waals surface area contributed by atoms with Crippen LogP contribution in [0.25, 0.3) is 0 Å². The molecule has 4 nitrogen and oxygen atoms in total. The molecule has 0 radical (unpaired) electrons. The van der Waals surface area contributed by atoms with Crippen LogP contribution < -0.4 is 10.6 Å². The largest absolute Gasteiger partial charge is 0.352 e.